The highest BCUT2D eigenvalue weighted by Crippen LogP contribution is 2.46. The Hall–Kier alpha value is -1.52. The van der Waals surface area contributed by atoms with Crippen LogP contribution in [0.25, 0.3) is 0 Å². The van der Waals surface area contributed by atoms with Gasteiger partial charge in [-0.15, -0.1) is 0 Å². The fourth-order valence-corrected chi connectivity index (χ4v) is 1.64. The average Bonchev–Trinajstić information content (AvgIpc) is 2.13. The Labute approximate surface area is 90.0 Å². The molecule has 2 atom stereocenters. The second-order valence-electron chi connectivity index (χ2n) is 3.79. The molecule has 0 bridgehead atoms. The molecule has 0 aliphatic carbocycles. The van der Waals surface area contributed by atoms with E-state index in [0.717, 1.165) is 5.56 Å². The molecule has 1 unspecified atom stereocenters. The van der Waals surface area contributed by atoms with Crippen molar-refractivity contribution in [3.63, 3.8) is 0 Å². The van der Waals surface area contributed by atoms with Gasteiger partial charge < -0.3 is 4.74 Å². The van der Waals surface area contributed by atoms with Crippen LogP contribution >= 0.6 is 0 Å². The molecule has 0 spiro atoms. The van der Waals surface area contributed by atoms with Gasteiger partial charge in [-0.1, -0.05) is 29.8 Å². The zero-order valence-electron chi connectivity index (χ0n) is 8.41. The predicted octanol–water partition coefficient (Wildman–Crippen LogP) is 2.77. The van der Waals surface area contributed by atoms with E-state index in [4.69, 9.17) is 0 Å². The lowest BCUT2D eigenvalue weighted by Gasteiger charge is -2.36. The number of hydrogen-bond acceptors (Lipinski definition) is 2. The normalized spacial score (nSPS) is 24.9. The highest BCUT2D eigenvalue weighted by molar-refractivity contribution is 5.80. The van der Waals surface area contributed by atoms with E-state index in [9.17, 15) is 18.0 Å². The molecule has 86 valence electrons. The first-order valence-corrected chi connectivity index (χ1v) is 4.73. The third-order valence-electron chi connectivity index (χ3n) is 2.56. The molecule has 0 radical (unpaired) electrons. The number of alkyl halides is 3. The number of ether oxygens (including phenoxy) is 1. The van der Waals surface area contributed by atoms with Crippen LogP contribution in [0.5, 0.6) is 0 Å². The van der Waals surface area contributed by atoms with Gasteiger partial charge in [0.1, 0.15) is 6.10 Å². The molecule has 1 fully saturated rings. The number of esters is 1. The summed E-state index contributed by atoms with van der Waals surface area (Å²) in [5, 5.41) is 0. The summed E-state index contributed by atoms with van der Waals surface area (Å²) in [5.41, 5.74) is 1.32. The fraction of sp³-hybridized carbons (Fsp3) is 0.364. The number of rotatable bonds is 1. The van der Waals surface area contributed by atoms with Crippen LogP contribution in [0.2, 0.25) is 0 Å². The molecule has 1 saturated heterocycles. The number of benzene rings is 1. The van der Waals surface area contributed by atoms with Gasteiger partial charge in [-0.05, 0) is 12.5 Å². The Bertz CT molecular complexity index is 408. The van der Waals surface area contributed by atoms with Crippen molar-refractivity contribution in [1.29, 1.82) is 0 Å². The first kappa shape index (κ1) is 11.0. The molecule has 0 aromatic heterocycles. The van der Waals surface area contributed by atoms with Crippen LogP contribution in [0.1, 0.15) is 17.2 Å². The summed E-state index contributed by atoms with van der Waals surface area (Å²) in [6.07, 6.45) is -5.72. The standard InChI is InChI=1S/C11H9F3O2/c1-6-2-4-7(5-3-6)9-8(10(15)16-9)11(12,13)14/h2-5,8-9H,1H3/t8-,9?/m1/s1. The molecule has 1 aliphatic heterocycles. The molecule has 1 aromatic carbocycles. The van der Waals surface area contributed by atoms with Gasteiger partial charge in [0.2, 0.25) is 0 Å². The quantitative estimate of drug-likeness (QED) is 0.693. The summed E-state index contributed by atoms with van der Waals surface area (Å²) < 4.78 is 41.9. The molecule has 1 aliphatic rings. The number of hydrogen-bond donors (Lipinski definition) is 0. The minimum atomic E-state index is -4.54. The van der Waals surface area contributed by atoms with E-state index in [1.165, 1.54) is 0 Å². The lowest BCUT2D eigenvalue weighted by molar-refractivity contribution is -0.256. The highest BCUT2D eigenvalue weighted by atomic mass is 19.4. The van der Waals surface area contributed by atoms with E-state index < -0.39 is 24.2 Å². The molecule has 2 rings (SSSR count). The lowest BCUT2D eigenvalue weighted by atomic mass is 9.90. The summed E-state index contributed by atoms with van der Waals surface area (Å²) in [6, 6.07) is 6.47. The summed E-state index contributed by atoms with van der Waals surface area (Å²) in [7, 11) is 0. The highest BCUT2D eigenvalue weighted by Gasteiger charge is 2.59. The van der Waals surface area contributed by atoms with Crippen LogP contribution in [0, 0.1) is 12.8 Å². The molecule has 0 saturated carbocycles. The van der Waals surface area contributed by atoms with Crippen LogP contribution < -0.4 is 0 Å². The van der Waals surface area contributed by atoms with Gasteiger partial charge in [0, 0.05) is 0 Å². The number of carbonyl (C=O) groups excluding carboxylic acids is 1. The SMILES string of the molecule is Cc1ccc(C2OC(=O)[C@@H]2C(F)(F)F)cc1. The van der Waals surface area contributed by atoms with Crippen molar-refractivity contribution in [3.05, 3.63) is 35.4 Å². The Kier molecular flexibility index (Phi) is 2.40. The van der Waals surface area contributed by atoms with Crippen LogP contribution in [0.4, 0.5) is 13.2 Å². The average molecular weight is 230 g/mol. The zero-order chi connectivity index (χ0) is 11.9. The maximum absolute atomic E-state index is 12.5. The maximum atomic E-state index is 12.5. The van der Waals surface area contributed by atoms with Crippen molar-refractivity contribution in [2.75, 3.05) is 0 Å². The van der Waals surface area contributed by atoms with Crippen molar-refractivity contribution < 1.29 is 22.7 Å². The van der Waals surface area contributed by atoms with E-state index in [1.54, 1.807) is 24.3 Å². The summed E-state index contributed by atoms with van der Waals surface area (Å²) >= 11 is 0. The largest absolute Gasteiger partial charge is 0.456 e. The van der Waals surface area contributed by atoms with E-state index in [-0.39, 0.29) is 0 Å². The molecule has 1 aromatic rings. The van der Waals surface area contributed by atoms with Crippen LogP contribution in [0.15, 0.2) is 24.3 Å². The first-order valence-electron chi connectivity index (χ1n) is 4.73. The third kappa shape index (κ3) is 1.77. The molecule has 5 heteroatoms. The minimum Gasteiger partial charge on any atom is -0.456 e. The Morgan fingerprint density at radius 3 is 2.19 bits per heavy atom. The van der Waals surface area contributed by atoms with Gasteiger partial charge in [-0.2, -0.15) is 13.2 Å². The molecule has 1 heterocycles. The molecule has 0 amide bonds. The van der Waals surface area contributed by atoms with E-state index >= 15 is 0 Å². The Morgan fingerprint density at radius 1 is 1.19 bits per heavy atom. The molecular formula is C11H9F3O2. The number of carbonyl (C=O) groups is 1. The summed E-state index contributed by atoms with van der Waals surface area (Å²) in [5.74, 6) is -3.21. The van der Waals surface area contributed by atoms with Gasteiger partial charge in [0.05, 0.1) is 0 Å². The summed E-state index contributed by atoms with van der Waals surface area (Å²) in [4.78, 5) is 10.8. The smallest absolute Gasteiger partial charge is 0.406 e. The maximum Gasteiger partial charge on any atom is 0.406 e. The first-order chi connectivity index (χ1) is 7.39. The predicted molar refractivity (Wildman–Crippen MR) is 49.6 cm³/mol. The van der Waals surface area contributed by atoms with Crippen molar-refractivity contribution in [3.8, 4) is 0 Å². The minimum absolute atomic E-state index is 0.382. The van der Waals surface area contributed by atoms with Gasteiger partial charge in [-0.25, -0.2) is 0 Å². The van der Waals surface area contributed by atoms with Crippen molar-refractivity contribution >= 4 is 5.97 Å². The Balaban J connectivity index is 2.23. The topological polar surface area (TPSA) is 26.3 Å². The van der Waals surface area contributed by atoms with Gasteiger partial charge in [0.25, 0.3) is 0 Å². The fourth-order valence-electron chi connectivity index (χ4n) is 1.64. The van der Waals surface area contributed by atoms with Crippen LogP contribution in [-0.4, -0.2) is 12.1 Å². The van der Waals surface area contributed by atoms with Gasteiger partial charge in [-0.3, -0.25) is 4.79 Å². The van der Waals surface area contributed by atoms with E-state index in [1.807, 2.05) is 6.92 Å². The lowest BCUT2D eigenvalue weighted by Crippen LogP contribution is -2.47. The van der Waals surface area contributed by atoms with Crippen LogP contribution in [0.3, 0.4) is 0 Å². The van der Waals surface area contributed by atoms with Crippen molar-refractivity contribution in [2.45, 2.75) is 19.2 Å². The van der Waals surface area contributed by atoms with Crippen LogP contribution in [-0.2, 0) is 9.53 Å². The molecule has 0 N–H and O–H groups in total. The molecular weight excluding hydrogens is 221 g/mol. The van der Waals surface area contributed by atoms with E-state index in [0.29, 0.717) is 5.56 Å². The monoisotopic (exact) mass is 230 g/mol. The van der Waals surface area contributed by atoms with Crippen molar-refractivity contribution in [1.82, 2.24) is 0 Å². The number of aryl methyl sites for hydroxylation is 1. The van der Waals surface area contributed by atoms with Crippen molar-refractivity contribution in [2.24, 2.45) is 5.92 Å². The third-order valence-corrected chi connectivity index (χ3v) is 2.56. The second-order valence-corrected chi connectivity index (χ2v) is 3.79. The number of cyclic esters (lactones) is 1. The second kappa shape index (κ2) is 3.50. The Morgan fingerprint density at radius 2 is 1.75 bits per heavy atom. The number of halogens is 3. The summed E-state index contributed by atoms with van der Waals surface area (Å²) in [6.45, 7) is 1.83. The van der Waals surface area contributed by atoms with Gasteiger partial charge in [0.15, 0.2) is 5.92 Å². The molecule has 16 heavy (non-hydrogen) atoms. The zero-order valence-corrected chi connectivity index (χ0v) is 8.41. The van der Waals surface area contributed by atoms with E-state index in [2.05, 4.69) is 4.74 Å². The van der Waals surface area contributed by atoms with Gasteiger partial charge >= 0.3 is 12.1 Å². The molecule has 2 nitrogen and oxygen atoms in total.